The van der Waals surface area contributed by atoms with Crippen molar-refractivity contribution in [2.24, 2.45) is 0 Å². The first kappa shape index (κ1) is 17.2. The molecule has 0 atom stereocenters. The average molecular weight is 351 g/mol. The van der Waals surface area contributed by atoms with Crippen LogP contribution in [0.4, 0.5) is 0 Å². The molecule has 0 aliphatic carbocycles. The number of aryl methyl sites for hydroxylation is 1. The van der Waals surface area contributed by atoms with E-state index in [2.05, 4.69) is 18.4 Å². The van der Waals surface area contributed by atoms with E-state index in [0.717, 1.165) is 11.3 Å². The van der Waals surface area contributed by atoms with Gasteiger partial charge in [-0.1, -0.05) is 30.3 Å². The average Bonchev–Trinajstić information content (AvgIpc) is 3.05. The fourth-order valence-corrected chi connectivity index (χ4v) is 3.46. The van der Waals surface area contributed by atoms with Gasteiger partial charge in [-0.15, -0.1) is 11.3 Å². The van der Waals surface area contributed by atoms with Crippen molar-refractivity contribution in [3.05, 3.63) is 87.6 Å². The van der Waals surface area contributed by atoms with Crippen LogP contribution in [0.1, 0.15) is 26.4 Å². The maximum Gasteiger partial charge on any atom is 0.253 e. The molecule has 4 heteroatoms. The third-order valence-corrected chi connectivity index (χ3v) is 5.05. The second-order valence-corrected chi connectivity index (χ2v) is 6.99. The Morgan fingerprint density at radius 2 is 1.76 bits per heavy atom. The molecule has 2 aromatic carbocycles. The molecule has 0 saturated carbocycles. The number of hydrogen-bond donors (Lipinski definition) is 0. The highest BCUT2D eigenvalue weighted by Crippen LogP contribution is 2.19. The highest BCUT2D eigenvalue weighted by atomic mass is 32.1. The van der Waals surface area contributed by atoms with Crippen molar-refractivity contribution in [3.8, 4) is 5.75 Å². The molecule has 0 unspecified atom stereocenters. The Kier molecular flexibility index (Phi) is 5.51. The molecule has 128 valence electrons. The number of para-hydroxylation sites is 1. The lowest BCUT2D eigenvalue weighted by Crippen LogP contribution is -2.26. The van der Waals surface area contributed by atoms with Crippen LogP contribution >= 0.6 is 11.3 Å². The first-order valence-corrected chi connectivity index (χ1v) is 9.06. The summed E-state index contributed by atoms with van der Waals surface area (Å²) in [6.45, 7) is 3.20. The van der Waals surface area contributed by atoms with E-state index in [9.17, 15) is 4.79 Å². The van der Waals surface area contributed by atoms with E-state index in [-0.39, 0.29) is 5.91 Å². The molecule has 0 N–H and O–H groups in total. The molecule has 1 amide bonds. The van der Waals surface area contributed by atoms with Crippen LogP contribution in [0.5, 0.6) is 5.75 Å². The van der Waals surface area contributed by atoms with E-state index in [4.69, 9.17) is 4.74 Å². The van der Waals surface area contributed by atoms with Crippen LogP contribution in [0.15, 0.2) is 66.0 Å². The Labute approximate surface area is 152 Å². The van der Waals surface area contributed by atoms with Gasteiger partial charge in [-0.3, -0.25) is 4.79 Å². The number of benzene rings is 2. The molecule has 0 fully saturated rings. The quantitative estimate of drug-likeness (QED) is 0.632. The molecule has 25 heavy (non-hydrogen) atoms. The van der Waals surface area contributed by atoms with Crippen molar-refractivity contribution in [1.82, 2.24) is 4.90 Å². The zero-order chi connectivity index (χ0) is 17.6. The minimum atomic E-state index is 0.0309. The summed E-state index contributed by atoms with van der Waals surface area (Å²) in [4.78, 5) is 15.6. The van der Waals surface area contributed by atoms with Crippen molar-refractivity contribution in [3.63, 3.8) is 0 Å². The summed E-state index contributed by atoms with van der Waals surface area (Å²) in [7, 11) is 1.84. The summed E-state index contributed by atoms with van der Waals surface area (Å²) >= 11 is 1.69. The van der Waals surface area contributed by atoms with Gasteiger partial charge in [-0.25, -0.2) is 0 Å². The van der Waals surface area contributed by atoms with Gasteiger partial charge in [0.05, 0.1) is 6.54 Å². The SMILES string of the molecule is Cc1ccsc1CN(C)C(=O)c1ccc(COc2ccccc2)cc1. The Bertz CT molecular complexity index is 825. The molecule has 1 heterocycles. The lowest BCUT2D eigenvalue weighted by molar-refractivity contribution is 0.0786. The topological polar surface area (TPSA) is 29.5 Å². The van der Waals surface area contributed by atoms with Crippen LogP contribution in [-0.2, 0) is 13.2 Å². The monoisotopic (exact) mass is 351 g/mol. The summed E-state index contributed by atoms with van der Waals surface area (Å²) in [5.41, 5.74) is 2.97. The number of rotatable bonds is 6. The van der Waals surface area contributed by atoms with E-state index < -0.39 is 0 Å². The van der Waals surface area contributed by atoms with Crippen LogP contribution in [0, 0.1) is 6.92 Å². The summed E-state index contributed by atoms with van der Waals surface area (Å²) < 4.78 is 5.73. The largest absolute Gasteiger partial charge is 0.489 e. The van der Waals surface area contributed by atoms with Crippen molar-refractivity contribution >= 4 is 17.2 Å². The second kappa shape index (κ2) is 7.99. The molecule has 0 radical (unpaired) electrons. The van der Waals surface area contributed by atoms with Gasteiger partial charge >= 0.3 is 0 Å². The number of hydrogen-bond acceptors (Lipinski definition) is 3. The highest BCUT2D eigenvalue weighted by Gasteiger charge is 2.13. The fourth-order valence-electron chi connectivity index (χ4n) is 2.50. The summed E-state index contributed by atoms with van der Waals surface area (Å²) in [6, 6.07) is 19.4. The third-order valence-electron chi connectivity index (χ3n) is 4.05. The standard InChI is InChI=1S/C21H21NO2S/c1-16-12-13-25-20(16)14-22(2)21(23)18-10-8-17(9-11-18)15-24-19-6-4-3-5-7-19/h3-13H,14-15H2,1-2H3. The van der Waals surface area contributed by atoms with Crippen molar-refractivity contribution < 1.29 is 9.53 Å². The minimum Gasteiger partial charge on any atom is -0.489 e. The predicted octanol–water partition coefficient (Wildman–Crippen LogP) is 4.91. The van der Waals surface area contributed by atoms with E-state index >= 15 is 0 Å². The van der Waals surface area contributed by atoms with Crippen molar-refractivity contribution in [2.75, 3.05) is 7.05 Å². The molecule has 3 nitrogen and oxygen atoms in total. The molecule has 3 aromatic rings. The molecule has 0 saturated heterocycles. The Balaban J connectivity index is 1.59. The Morgan fingerprint density at radius 1 is 1.04 bits per heavy atom. The Hall–Kier alpha value is -2.59. The molecule has 0 aliphatic rings. The van der Waals surface area contributed by atoms with Crippen molar-refractivity contribution in [2.45, 2.75) is 20.1 Å². The molecule has 0 aliphatic heterocycles. The van der Waals surface area contributed by atoms with Gasteiger partial charge in [0.25, 0.3) is 5.91 Å². The maximum atomic E-state index is 12.6. The predicted molar refractivity (Wildman–Crippen MR) is 102 cm³/mol. The molecular formula is C21H21NO2S. The van der Waals surface area contributed by atoms with Gasteiger partial charge < -0.3 is 9.64 Å². The summed E-state index contributed by atoms with van der Waals surface area (Å²) in [6.07, 6.45) is 0. The van der Waals surface area contributed by atoms with Gasteiger partial charge in [-0.05, 0) is 53.8 Å². The van der Waals surface area contributed by atoms with Crippen molar-refractivity contribution in [1.29, 1.82) is 0 Å². The van der Waals surface area contributed by atoms with Crippen LogP contribution in [-0.4, -0.2) is 17.9 Å². The maximum absolute atomic E-state index is 12.6. The number of thiophene rings is 1. The van der Waals surface area contributed by atoms with Gasteiger partial charge in [0.1, 0.15) is 12.4 Å². The Morgan fingerprint density at radius 3 is 2.40 bits per heavy atom. The third kappa shape index (κ3) is 4.48. The van der Waals surface area contributed by atoms with Crippen LogP contribution in [0.2, 0.25) is 0 Å². The van der Waals surface area contributed by atoms with Gasteiger partial charge in [0.2, 0.25) is 0 Å². The number of carbonyl (C=O) groups excluding carboxylic acids is 1. The van der Waals surface area contributed by atoms with Crippen LogP contribution < -0.4 is 4.74 Å². The number of ether oxygens (including phenoxy) is 1. The molecular weight excluding hydrogens is 330 g/mol. The van der Waals surface area contributed by atoms with E-state index in [1.807, 2.05) is 61.6 Å². The lowest BCUT2D eigenvalue weighted by Gasteiger charge is -2.17. The second-order valence-electron chi connectivity index (χ2n) is 5.99. The van der Waals surface area contributed by atoms with Gasteiger partial charge in [0.15, 0.2) is 0 Å². The van der Waals surface area contributed by atoms with Crippen LogP contribution in [0.3, 0.4) is 0 Å². The zero-order valence-corrected chi connectivity index (χ0v) is 15.3. The smallest absolute Gasteiger partial charge is 0.253 e. The summed E-state index contributed by atoms with van der Waals surface area (Å²) in [5.74, 6) is 0.872. The molecule has 0 spiro atoms. The first-order valence-electron chi connectivity index (χ1n) is 8.18. The van der Waals surface area contributed by atoms with E-state index in [1.165, 1.54) is 10.4 Å². The normalized spacial score (nSPS) is 10.5. The molecule has 0 bridgehead atoms. The van der Waals surface area contributed by atoms with E-state index in [0.29, 0.717) is 18.7 Å². The first-order chi connectivity index (χ1) is 12.1. The molecule has 3 rings (SSSR count). The lowest BCUT2D eigenvalue weighted by atomic mass is 10.1. The number of nitrogens with zero attached hydrogens (tertiary/aromatic N) is 1. The van der Waals surface area contributed by atoms with Gasteiger partial charge in [-0.2, -0.15) is 0 Å². The minimum absolute atomic E-state index is 0.0309. The van der Waals surface area contributed by atoms with Crippen LogP contribution in [0.25, 0.3) is 0 Å². The summed E-state index contributed by atoms with van der Waals surface area (Å²) in [5, 5.41) is 2.06. The number of amides is 1. The van der Waals surface area contributed by atoms with E-state index in [1.54, 1.807) is 16.2 Å². The number of carbonyl (C=O) groups is 1. The fraction of sp³-hybridized carbons (Fsp3) is 0.190. The zero-order valence-electron chi connectivity index (χ0n) is 14.4. The van der Waals surface area contributed by atoms with Gasteiger partial charge in [0, 0.05) is 17.5 Å². The highest BCUT2D eigenvalue weighted by molar-refractivity contribution is 7.10. The molecule has 1 aromatic heterocycles.